The zero-order valence-electron chi connectivity index (χ0n) is 11.0. The highest BCUT2D eigenvalue weighted by molar-refractivity contribution is 5.77. The molecule has 3 N–H and O–H groups in total. The SMILES string of the molecule is Cc1ccc(-c2ccccc2NCC(O)CO)cc1. The molecule has 1 atom stereocenters. The Bertz CT molecular complexity index is 523. The molecule has 0 aromatic heterocycles. The molecule has 0 aliphatic carbocycles. The van der Waals surface area contributed by atoms with Crippen LogP contribution in [-0.2, 0) is 0 Å². The zero-order chi connectivity index (χ0) is 13.7. The van der Waals surface area contributed by atoms with E-state index < -0.39 is 6.10 Å². The van der Waals surface area contributed by atoms with Gasteiger partial charge in [0, 0.05) is 17.8 Å². The third kappa shape index (κ3) is 3.56. The Morgan fingerprint density at radius 3 is 2.42 bits per heavy atom. The number of rotatable bonds is 5. The van der Waals surface area contributed by atoms with Gasteiger partial charge in [0.2, 0.25) is 0 Å². The first-order chi connectivity index (χ1) is 9.20. The summed E-state index contributed by atoms with van der Waals surface area (Å²) in [6.45, 7) is 2.16. The molecule has 19 heavy (non-hydrogen) atoms. The molecule has 2 aromatic rings. The number of nitrogens with one attached hydrogen (secondary N) is 1. The summed E-state index contributed by atoms with van der Waals surface area (Å²) in [6, 6.07) is 16.3. The Kier molecular flexibility index (Phi) is 4.55. The number of aliphatic hydroxyl groups is 2. The van der Waals surface area contributed by atoms with Crippen LogP contribution in [0, 0.1) is 6.92 Å². The van der Waals surface area contributed by atoms with Crippen LogP contribution in [0.15, 0.2) is 48.5 Å². The Morgan fingerprint density at radius 1 is 1.05 bits per heavy atom. The molecule has 0 amide bonds. The van der Waals surface area contributed by atoms with Crippen LogP contribution in [-0.4, -0.2) is 29.5 Å². The summed E-state index contributed by atoms with van der Waals surface area (Å²) in [5, 5.41) is 21.4. The van der Waals surface area contributed by atoms with Gasteiger partial charge in [-0.2, -0.15) is 0 Å². The van der Waals surface area contributed by atoms with Crippen molar-refractivity contribution < 1.29 is 10.2 Å². The summed E-state index contributed by atoms with van der Waals surface area (Å²) in [5.41, 5.74) is 4.41. The van der Waals surface area contributed by atoms with E-state index in [-0.39, 0.29) is 6.61 Å². The highest BCUT2D eigenvalue weighted by atomic mass is 16.3. The molecular formula is C16H19NO2. The molecule has 2 rings (SSSR count). The van der Waals surface area contributed by atoms with E-state index in [2.05, 4.69) is 36.5 Å². The number of benzene rings is 2. The summed E-state index contributed by atoms with van der Waals surface area (Å²) in [7, 11) is 0. The van der Waals surface area contributed by atoms with E-state index in [0.29, 0.717) is 6.54 Å². The van der Waals surface area contributed by atoms with Gasteiger partial charge in [-0.3, -0.25) is 0 Å². The van der Waals surface area contributed by atoms with E-state index >= 15 is 0 Å². The van der Waals surface area contributed by atoms with E-state index in [4.69, 9.17) is 5.11 Å². The second-order valence-electron chi connectivity index (χ2n) is 4.63. The number of hydrogen-bond acceptors (Lipinski definition) is 3. The van der Waals surface area contributed by atoms with Crippen molar-refractivity contribution in [1.29, 1.82) is 0 Å². The fourth-order valence-electron chi connectivity index (χ4n) is 1.91. The minimum absolute atomic E-state index is 0.236. The molecule has 0 radical (unpaired) electrons. The van der Waals surface area contributed by atoms with Gasteiger partial charge in [0.1, 0.15) is 0 Å². The molecule has 1 unspecified atom stereocenters. The summed E-state index contributed by atoms with van der Waals surface area (Å²) in [6.07, 6.45) is -0.744. The molecular weight excluding hydrogens is 238 g/mol. The van der Waals surface area contributed by atoms with Crippen LogP contribution < -0.4 is 5.32 Å². The molecule has 3 heteroatoms. The van der Waals surface area contributed by atoms with Gasteiger partial charge in [0.15, 0.2) is 0 Å². The fraction of sp³-hybridized carbons (Fsp3) is 0.250. The van der Waals surface area contributed by atoms with Gasteiger partial charge in [0.25, 0.3) is 0 Å². The van der Waals surface area contributed by atoms with Crippen molar-refractivity contribution in [2.45, 2.75) is 13.0 Å². The van der Waals surface area contributed by atoms with E-state index in [0.717, 1.165) is 16.8 Å². The fourth-order valence-corrected chi connectivity index (χ4v) is 1.91. The van der Waals surface area contributed by atoms with Crippen LogP contribution in [0.25, 0.3) is 11.1 Å². The number of aliphatic hydroxyl groups excluding tert-OH is 2. The van der Waals surface area contributed by atoms with Crippen molar-refractivity contribution in [3.63, 3.8) is 0 Å². The second-order valence-corrected chi connectivity index (χ2v) is 4.63. The first kappa shape index (κ1) is 13.6. The topological polar surface area (TPSA) is 52.5 Å². The lowest BCUT2D eigenvalue weighted by atomic mass is 10.0. The van der Waals surface area contributed by atoms with Crippen LogP contribution in [0.1, 0.15) is 5.56 Å². The number of aryl methyl sites for hydroxylation is 1. The number of hydrogen-bond donors (Lipinski definition) is 3. The largest absolute Gasteiger partial charge is 0.394 e. The van der Waals surface area contributed by atoms with Crippen molar-refractivity contribution in [3.05, 3.63) is 54.1 Å². The average Bonchev–Trinajstić information content (AvgIpc) is 2.46. The molecule has 0 fully saturated rings. The lowest BCUT2D eigenvalue weighted by Crippen LogP contribution is -2.23. The highest BCUT2D eigenvalue weighted by Gasteiger charge is 2.06. The molecule has 0 bridgehead atoms. The molecule has 100 valence electrons. The number of anilines is 1. The predicted molar refractivity (Wildman–Crippen MR) is 78.2 cm³/mol. The van der Waals surface area contributed by atoms with Crippen molar-refractivity contribution in [2.75, 3.05) is 18.5 Å². The molecule has 3 nitrogen and oxygen atoms in total. The molecule has 0 heterocycles. The Labute approximate surface area is 113 Å². The summed E-state index contributed by atoms with van der Waals surface area (Å²) in [4.78, 5) is 0. The summed E-state index contributed by atoms with van der Waals surface area (Å²) < 4.78 is 0. The summed E-state index contributed by atoms with van der Waals surface area (Å²) >= 11 is 0. The van der Waals surface area contributed by atoms with E-state index in [9.17, 15) is 5.11 Å². The highest BCUT2D eigenvalue weighted by Crippen LogP contribution is 2.27. The predicted octanol–water partition coefficient (Wildman–Crippen LogP) is 2.43. The quantitative estimate of drug-likeness (QED) is 0.771. The molecule has 0 saturated heterocycles. The van der Waals surface area contributed by atoms with Crippen molar-refractivity contribution in [1.82, 2.24) is 0 Å². The van der Waals surface area contributed by atoms with E-state index in [1.54, 1.807) is 0 Å². The monoisotopic (exact) mass is 257 g/mol. The van der Waals surface area contributed by atoms with Crippen molar-refractivity contribution in [3.8, 4) is 11.1 Å². The maximum atomic E-state index is 9.40. The van der Waals surface area contributed by atoms with Crippen molar-refractivity contribution >= 4 is 5.69 Å². The maximum Gasteiger partial charge on any atom is 0.0942 e. The van der Waals surface area contributed by atoms with Crippen molar-refractivity contribution in [2.24, 2.45) is 0 Å². The first-order valence-electron chi connectivity index (χ1n) is 6.39. The lowest BCUT2D eigenvalue weighted by molar-refractivity contribution is 0.105. The van der Waals surface area contributed by atoms with Gasteiger partial charge < -0.3 is 15.5 Å². The zero-order valence-corrected chi connectivity index (χ0v) is 11.0. The Hall–Kier alpha value is -1.84. The van der Waals surface area contributed by atoms with Gasteiger partial charge in [0.05, 0.1) is 12.7 Å². The molecule has 0 aliphatic heterocycles. The van der Waals surface area contributed by atoms with Crippen LogP contribution in [0.2, 0.25) is 0 Å². The normalized spacial score (nSPS) is 12.2. The minimum Gasteiger partial charge on any atom is -0.394 e. The molecule has 0 spiro atoms. The van der Waals surface area contributed by atoms with Gasteiger partial charge in [-0.05, 0) is 18.6 Å². The standard InChI is InChI=1S/C16H19NO2/c1-12-6-8-13(9-7-12)15-4-2-3-5-16(15)17-10-14(19)11-18/h2-9,14,17-19H,10-11H2,1H3. The first-order valence-corrected chi connectivity index (χ1v) is 6.39. The summed E-state index contributed by atoms with van der Waals surface area (Å²) in [5.74, 6) is 0. The van der Waals surface area contributed by atoms with E-state index in [1.807, 2.05) is 24.3 Å². The maximum absolute atomic E-state index is 9.40. The minimum atomic E-state index is -0.744. The second kappa shape index (κ2) is 6.36. The van der Waals surface area contributed by atoms with Gasteiger partial charge in [-0.1, -0.05) is 48.0 Å². The van der Waals surface area contributed by atoms with Crippen LogP contribution >= 0.6 is 0 Å². The third-order valence-corrected chi connectivity index (χ3v) is 3.03. The third-order valence-electron chi connectivity index (χ3n) is 3.03. The van der Waals surface area contributed by atoms with Gasteiger partial charge >= 0.3 is 0 Å². The van der Waals surface area contributed by atoms with Crippen LogP contribution in [0.5, 0.6) is 0 Å². The average molecular weight is 257 g/mol. The Balaban J connectivity index is 2.23. The molecule has 0 aliphatic rings. The van der Waals surface area contributed by atoms with Crippen LogP contribution in [0.4, 0.5) is 5.69 Å². The van der Waals surface area contributed by atoms with E-state index in [1.165, 1.54) is 5.56 Å². The lowest BCUT2D eigenvalue weighted by Gasteiger charge is -2.14. The molecule has 2 aromatic carbocycles. The van der Waals surface area contributed by atoms with Gasteiger partial charge in [-0.15, -0.1) is 0 Å². The number of para-hydroxylation sites is 1. The molecule has 0 saturated carbocycles. The Morgan fingerprint density at radius 2 is 1.74 bits per heavy atom. The van der Waals surface area contributed by atoms with Gasteiger partial charge in [-0.25, -0.2) is 0 Å². The van der Waals surface area contributed by atoms with Crippen LogP contribution in [0.3, 0.4) is 0 Å². The smallest absolute Gasteiger partial charge is 0.0942 e.